The summed E-state index contributed by atoms with van der Waals surface area (Å²) in [6.45, 7) is 2.64. The van der Waals surface area contributed by atoms with Gasteiger partial charge in [0.05, 0.1) is 6.54 Å². The number of terminal acetylenes is 1. The van der Waals surface area contributed by atoms with Crippen molar-refractivity contribution in [2.75, 3.05) is 6.54 Å². The van der Waals surface area contributed by atoms with Crippen molar-refractivity contribution in [3.8, 4) is 12.3 Å². The highest BCUT2D eigenvalue weighted by molar-refractivity contribution is 5.76. The molecule has 0 fully saturated rings. The van der Waals surface area contributed by atoms with E-state index in [1.165, 1.54) is 12.1 Å². The van der Waals surface area contributed by atoms with Crippen molar-refractivity contribution in [3.63, 3.8) is 0 Å². The molecule has 2 aromatic rings. The van der Waals surface area contributed by atoms with Crippen LogP contribution >= 0.6 is 0 Å². The average molecular weight is 343 g/mol. The molecule has 0 saturated carbocycles. The van der Waals surface area contributed by atoms with Crippen LogP contribution in [0.5, 0.6) is 0 Å². The second-order valence-corrected chi connectivity index (χ2v) is 5.79. The van der Waals surface area contributed by atoms with Gasteiger partial charge in [-0.05, 0) is 30.5 Å². The second-order valence-electron chi connectivity index (χ2n) is 5.79. The van der Waals surface area contributed by atoms with Gasteiger partial charge in [0.25, 0.3) is 0 Å². The highest BCUT2D eigenvalue weighted by Crippen LogP contribution is 2.10. The number of carbonyl (C=O) groups is 1. The molecule has 25 heavy (non-hydrogen) atoms. The molecule has 0 saturated heterocycles. The van der Waals surface area contributed by atoms with E-state index < -0.39 is 0 Å². The van der Waals surface area contributed by atoms with Gasteiger partial charge in [0.15, 0.2) is 5.82 Å². The maximum Gasteiger partial charge on any atom is 0.226 e. The van der Waals surface area contributed by atoms with Crippen LogP contribution in [-0.2, 0) is 24.2 Å². The van der Waals surface area contributed by atoms with E-state index in [2.05, 4.69) is 23.0 Å². The second kappa shape index (κ2) is 9.58. The fraction of sp³-hybridized carbons (Fsp3) is 0.421. The van der Waals surface area contributed by atoms with Gasteiger partial charge in [-0.2, -0.15) is 4.98 Å². The van der Waals surface area contributed by atoms with Gasteiger partial charge in [-0.3, -0.25) is 4.79 Å². The van der Waals surface area contributed by atoms with Crippen molar-refractivity contribution in [2.24, 2.45) is 0 Å². The summed E-state index contributed by atoms with van der Waals surface area (Å²) in [6, 6.07) is 6.05. The van der Waals surface area contributed by atoms with E-state index in [-0.39, 0.29) is 18.3 Å². The molecule has 1 aromatic heterocycles. The zero-order chi connectivity index (χ0) is 18.1. The Morgan fingerprint density at radius 1 is 1.32 bits per heavy atom. The van der Waals surface area contributed by atoms with Gasteiger partial charge in [-0.15, -0.1) is 6.42 Å². The van der Waals surface area contributed by atoms with Gasteiger partial charge >= 0.3 is 0 Å². The fourth-order valence-corrected chi connectivity index (χ4v) is 2.42. The lowest BCUT2D eigenvalue weighted by Gasteiger charge is -2.20. The van der Waals surface area contributed by atoms with Gasteiger partial charge in [0.2, 0.25) is 11.8 Å². The normalized spacial score (nSPS) is 10.4. The third kappa shape index (κ3) is 6.03. The molecule has 0 aliphatic heterocycles. The summed E-state index contributed by atoms with van der Waals surface area (Å²) < 4.78 is 18.1. The van der Waals surface area contributed by atoms with Gasteiger partial charge in [0.1, 0.15) is 5.82 Å². The van der Waals surface area contributed by atoms with E-state index in [0.717, 1.165) is 18.4 Å². The molecule has 2 rings (SSSR count). The first-order chi connectivity index (χ1) is 12.1. The quantitative estimate of drug-likeness (QED) is 0.656. The Bertz CT molecular complexity index is 719. The largest absolute Gasteiger partial charge is 0.339 e. The summed E-state index contributed by atoms with van der Waals surface area (Å²) in [5.74, 6) is 3.40. The van der Waals surface area contributed by atoms with Crippen LogP contribution in [0.3, 0.4) is 0 Å². The predicted molar refractivity (Wildman–Crippen MR) is 91.9 cm³/mol. The molecule has 0 aliphatic carbocycles. The summed E-state index contributed by atoms with van der Waals surface area (Å²) in [5.41, 5.74) is 0.839. The minimum Gasteiger partial charge on any atom is -0.339 e. The summed E-state index contributed by atoms with van der Waals surface area (Å²) >= 11 is 0. The first-order valence-corrected chi connectivity index (χ1v) is 8.39. The number of aromatic nitrogens is 2. The van der Waals surface area contributed by atoms with Crippen molar-refractivity contribution in [1.29, 1.82) is 0 Å². The van der Waals surface area contributed by atoms with E-state index >= 15 is 0 Å². The first kappa shape index (κ1) is 18.7. The van der Waals surface area contributed by atoms with Crippen LogP contribution in [-0.4, -0.2) is 27.5 Å². The summed E-state index contributed by atoms with van der Waals surface area (Å²) in [5, 5.41) is 3.89. The number of carbonyl (C=O) groups excluding carboxylic acids is 1. The van der Waals surface area contributed by atoms with Gasteiger partial charge in [-0.1, -0.05) is 30.1 Å². The maximum absolute atomic E-state index is 13.0. The molecular formula is C19H22FN3O2. The van der Waals surface area contributed by atoms with Gasteiger partial charge in [0, 0.05) is 25.8 Å². The van der Waals surface area contributed by atoms with Crippen LogP contribution in [0.2, 0.25) is 0 Å². The number of hydrogen-bond donors (Lipinski definition) is 0. The van der Waals surface area contributed by atoms with Crippen LogP contribution in [0.1, 0.15) is 43.5 Å². The number of halogens is 1. The molecule has 0 N–H and O–H groups in total. The Balaban J connectivity index is 1.84. The van der Waals surface area contributed by atoms with Crippen molar-refractivity contribution >= 4 is 5.91 Å². The summed E-state index contributed by atoms with van der Waals surface area (Å²) in [7, 11) is 0. The molecular weight excluding hydrogens is 321 g/mol. The lowest BCUT2D eigenvalue weighted by atomic mass is 10.1. The monoisotopic (exact) mass is 343 g/mol. The van der Waals surface area contributed by atoms with Crippen molar-refractivity contribution in [3.05, 3.63) is 47.4 Å². The average Bonchev–Trinajstić information content (AvgIpc) is 3.04. The molecule has 0 spiro atoms. The lowest BCUT2D eigenvalue weighted by Crippen LogP contribution is -2.30. The SMILES string of the molecule is C#CCN(Cc1ccc(F)cc1)C(=O)CCCc1nc(CCC)no1. The molecule has 1 aromatic carbocycles. The molecule has 0 radical (unpaired) electrons. The number of rotatable bonds is 9. The maximum atomic E-state index is 13.0. The molecule has 0 bridgehead atoms. The first-order valence-electron chi connectivity index (χ1n) is 8.39. The third-order valence-corrected chi connectivity index (χ3v) is 3.69. The number of benzene rings is 1. The van der Waals surface area contributed by atoms with Crippen molar-refractivity contribution in [2.45, 2.75) is 45.6 Å². The Morgan fingerprint density at radius 2 is 2.08 bits per heavy atom. The lowest BCUT2D eigenvalue weighted by molar-refractivity contribution is -0.131. The molecule has 6 heteroatoms. The molecule has 0 unspecified atom stereocenters. The molecule has 0 atom stereocenters. The highest BCUT2D eigenvalue weighted by atomic mass is 19.1. The smallest absolute Gasteiger partial charge is 0.226 e. The van der Waals surface area contributed by atoms with Crippen LogP contribution in [0, 0.1) is 18.2 Å². The molecule has 132 valence electrons. The van der Waals surface area contributed by atoms with E-state index in [1.54, 1.807) is 17.0 Å². The molecule has 1 heterocycles. The van der Waals surface area contributed by atoms with Gasteiger partial charge in [-0.25, -0.2) is 4.39 Å². The summed E-state index contributed by atoms with van der Waals surface area (Å²) in [6.07, 6.45) is 8.62. The standard InChI is InChI=1S/C19H22FN3O2/c1-3-6-17-21-18(25-22-17)7-5-8-19(24)23(13-4-2)14-15-9-11-16(20)12-10-15/h2,9-12H,3,5-8,13-14H2,1H3. The Hall–Kier alpha value is -2.68. The summed E-state index contributed by atoms with van der Waals surface area (Å²) in [4.78, 5) is 18.3. The van der Waals surface area contributed by atoms with Crippen molar-refractivity contribution in [1.82, 2.24) is 15.0 Å². The van der Waals surface area contributed by atoms with Crippen LogP contribution in [0.15, 0.2) is 28.8 Å². The molecule has 5 nitrogen and oxygen atoms in total. The fourth-order valence-electron chi connectivity index (χ4n) is 2.42. The Morgan fingerprint density at radius 3 is 2.76 bits per heavy atom. The number of amides is 1. The van der Waals surface area contributed by atoms with E-state index in [9.17, 15) is 9.18 Å². The number of nitrogens with zero attached hydrogens (tertiary/aromatic N) is 3. The topological polar surface area (TPSA) is 59.2 Å². The zero-order valence-corrected chi connectivity index (χ0v) is 14.4. The number of hydrogen-bond acceptors (Lipinski definition) is 4. The molecule has 1 amide bonds. The minimum absolute atomic E-state index is 0.0458. The van der Waals surface area contributed by atoms with Gasteiger partial charge < -0.3 is 9.42 Å². The predicted octanol–water partition coefficient (Wildman–Crippen LogP) is 3.15. The van der Waals surface area contributed by atoms with E-state index in [4.69, 9.17) is 10.9 Å². The minimum atomic E-state index is -0.305. The van der Waals surface area contributed by atoms with E-state index in [0.29, 0.717) is 37.5 Å². The third-order valence-electron chi connectivity index (χ3n) is 3.69. The zero-order valence-electron chi connectivity index (χ0n) is 14.4. The highest BCUT2D eigenvalue weighted by Gasteiger charge is 2.14. The van der Waals surface area contributed by atoms with Crippen LogP contribution < -0.4 is 0 Å². The van der Waals surface area contributed by atoms with Crippen LogP contribution in [0.4, 0.5) is 4.39 Å². The molecule has 0 aliphatic rings. The van der Waals surface area contributed by atoms with Crippen LogP contribution in [0.25, 0.3) is 0 Å². The Labute approximate surface area is 147 Å². The Kier molecular flexibility index (Phi) is 7.15. The van der Waals surface area contributed by atoms with Crippen molar-refractivity contribution < 1.29 is 13.7 Å². The number of aryl methyl sites for hydroxylation is 2. The van der Waals surface area contributed by atoms with E-state index in [1.807, 2.05) is 0 Å².